The molecule has 0 aliphatic heterocycles. The molecule has 0 saturated heterocycles. The van der Waals surface area contributed by atoms with Gasteiger partial charge in [-0.05, 0) is 55.8 Å². The number of hydrogen-bond donors (Lipinski definition) is 3. The van der Waals surface area contributed by atoms with Crippen LogP contribution in [0.5, 0.6) is 0 Å². The van der Waals surface area contributed by atoms with Crippen molar-refractivity contribution in [3.8, 4) is 11.5 Å². The monoisotopic (exact) mass is 579 g/mol. The van der Waals surface area contributed by atoms with Crippen molar-refractivity contribution in [1.82, 2.24) is 10.2 Å². The predicted molar refractivity (Wildman–Crippen MR) is 153 cm³/mol. The van der Waals surface area contributed by atoms with Crippen molar-refractivity contribution in [3.05, 3.63) is 70.6 Å². The first-order chi connectivity index (χ1) is 19.2. The van der Waals surface area contributed by atoms with Crippen LogP contribution in [0, 0.1) is 6.92 Å². The van der Waals surface area contributed by atoms with Gasteiger partial charge in [0, 0.05) is 23.9 Å². The van der Waals surface area contributed by atoms with Gasteiger partial charge in [0.05, 0.1) is 17.9 Å². The second kappa shape index (κ2) is 13.0. The molecule has 4 aromatic rings. The van der Waals surface area contributed by atoms with Crippen molar-refractivity contribution < 1.29 is 28.3 Å². The van der Waals surface area contributed by atoms with Crippen molar-refractivity contribution in [3.63, 3.8) is 0 Å². The largest absolute Gasteiger partial charge is 0.462 e. The Morgan fingerprint density at radius 3 is 2.33 bits per heavy atom. The number of aromatic nitrogens is 2. The number of thioether (sulfide) groups is 1. The van der Waals surface area contributed by atoms with Crippen LogP contribution in [-0.2, 0) is 14.3 Å². The summed E-state index contributed by atoms with van der Waals surface area (Å²) in [4.78, 5) is 49.9. The fraction of sp³-hybridized carbons (Fsp3) is 0.185. The van der Waals surface area contributed by atoms with Gasteiger partial charge in [0.1, 0.15) is 9.88 Å². The number of anilines is 3. The van der Waals surface area contributed by atoms with E-state index in [0.717, 1.165) is 23.1 Å². The maximum Gasteiger partial charge on any atom is 0.348 e. The Bertz CT molecular complexity index is 1530. The molecule has 0 saturated carbocycles. The molecule has 206 valence electrons. The van der Waals surface area contributed by atoms with Crippen LogP contribution in [0.15, 0.2) is 64.2 Å². The first-order valence-electron chi connectivity index (χ1n) is 12.1. The second-order valence-electron chi connectivity index (χ2n) is 8.27. The molecule has 2 heterocycles. The van der Waals surface area contributed by atoms with E-state index >= 15 is 0 Å². The zero-order valence-electron chi connectivity index (χ0n) is 21.8. The Kier molecular flexibility index (Phi) is 9.30. The molecule has 13 heteroatoms. The molecule has 0 bridgehead atoms. The van der Waals surface area contributed by atoms with Crippen LogP contribution >= 0.6 is 23.1 Å². The quantitative estimate of drug-likeness (QED) is 0.169. The predicted octanol–water partition coefficient (Wildman–Crippen LogP) is 5.22. The number of nitrogens with one attached hydrogen (secondary N) is 3. The molecule has 40 heavy (non-hydrogen) atoms. The van der Waals surface area contributed by atoms with Gasteiger partial charge in [0.15, 0.2) is 0 Å². The van der Waals surface area contributed by atoms with Gasteiger partial charge < -0.3 is 25.1 Å². The molecule has 4 rings (SSSR count). The summed E-state index contributed by atoms with van der Waals surface area (Å²) < 4.78 is 10.8. The van der Waals surface area contributed by atoms with E-state index in [0.29, 0.717) is 22.5 Å². The third-order valence-electron chi connectivity index (χ3n) is 5.30. The van der Waals surface area contributed by atoms with Gasteiger partial charge in [-0.3, -0.25) is 14.4 Å². The molecule has 11 nitrogen and oxygen atoms in total. The second-order valence-corrected chi connectivity index (χ2v) is 10.2. The number of benzene rings is 2. The fourth-order valence-electron chi connectivity index (χ4n) is 3.56. The van der Waals surface area contributed by atoms with Crippen molar-refractivity contribution in [2.45, 2.75) is 26.0 Å². The SMILES string of the molecule is CCOC(=O)c1sc(NC(=O)CSc2nnc(-c3ccc(NC(C)=O)cc3)o2)c(C(=O)Nc2ccccc2)c1C. The minimum absolute atomic E-state index is 0.0888. The van der Waals surface area contributed by atoms with E-state index in [9.17, 15) is 19.2 Å². The molecule has 0 atom stereocenters. The summed E-state index contributed by atoms with van der Waals surface area (Å²) in [6.45, 7) is 4.92. The molecule has 2 aromatic heterocycles. The average Bonchev–Trinajstić information content (AvgIpc) is 3.53. The van der Waals surface area contributed by atoms with E-state index in [4.69, 9.17) is 9.15 Å². The van der Waals surface area contributed by atoms with Crippen molar-refractivity contribution in [1.29, 1.82) is 0 Å². The number of carbonyl (C=O) groups is 4. The molecule has 0 aliphatic carbocycles. The van der Waals surface area contributed by atoms with Crippen LogP contribution in [-0.4, -0.2) is 46.2 Å². The summed E-state index contributed by atoms with van der Waals surface area (Å²) in [5.41, 5.74) is 2.44. The number of hydrogen-bond acceptors (Lipinski definition) is 10. The van der Waals surface area contributed by atoms with Gasteiger partial charge in [0.25, 0.3) is 11.1 Å². The number of rotatable bonds is 10. The lowest BCUT2D eigenvalue weighted by atomic mass is 10.1. The van der Waals surface area contributed by atoms with Crippen LogP contribution in [0.3, 0.4) is 0 Å². The van der Waals surface area contributed by atoms with Gasteiger partial charge in [-0.25, -0.2) is 4.79 Å². The Balaban J connectivity index is 1.45. The maximum absolute atomic E-state index is 13.2. The summed E-state index contributed by atoms with van der Waals surface area (Å²) in [7, 11) is 0. The smallest absolute Gasteiger partial charge is 0.348 e. The Labute approximate surface area is 237 Å². The van der Waals surface area contributed by atoms with Crippen LogP contribution in [0.2, 0.25) is 0 Å². The normalized spacial score (nSPS) is 10.6. The van der Waals surface area contributed by atoms with Crippen molar-refractivity contribution >= 4 is 63.2 Å². The molecular formula is C27H25N5O6S2. The number of ether oxygens (including phenoxy) is 1. The molecule has 0 aliphatic rings. The lowest BCUT2D eigenvalue weighted by Gasteiger charge is -2.08. The minimum atomic E-state index is -0.572. The van der Waals surface area contributed by atoms with Gasteiger partial charge >= 0.3 is 5.97 Å². The van der Waals surface area contributed by atoms with Crippen molar-refractivity contribution in [2.75, 3.05) is 28.3 Å². The summed E-state index contributed by atoms with van der Waals surface area (Å²) in [5.74, 6) is -1.49. The standard InChI is InChI=1S/C27H25N5O6S2/c1-4-37-26(36)22-15(2)21(23(35)29-18-8-6-5-7-9-18)25(40-22)30-20(34)14-39-27-32-31-24(38-27)17-10-12-19(13-11-17)28-16(3)33/h5-13H,4,14H2,1-3H3,(H,28,33)(H,29,35)(H,30,34). The molecular weight excluding hydrogens is 554 g/mol. The van der Waals surface area contributed by atoms with E-state index in [2.05, 4.69) is 26.1 Å². The Hall–Kier alpha value is -4.49. The topological polar surface area (TPSA) is 153 Å². The first kappa shape index (κ1) is 28.5. The lowest BCUT2D eigenvalue weighted by Crippen LogP contribution is -2.18. The van der Waals surface area contributed by atoms with Crippen LogP contribution in [0.4, 0.5) is 16.4 Å². The highest BCUT2D eigenvalue weighted by atomic mass is 32.2. The highest BCUT2D eigenvalue weighted by Crippen LogP contribution is 2.35. The average molecular weight is 580 g/mol. The number of esters is 1. The molecule has 0 unspecified atom stereocenters. The fourth-order valence-corrected chi connectivity index (χ4v) is 5.23. The van der Waals surface area contributed by atoms with Gasteiger partial charge in [-0.15, -0.1) is 21.5 Å². The minimum Gasteiger partial charge on any atom is -0.462 e. The van der Waals surface area contributed by atoms with E-state index in [1.165, 1.54) is 6.92 Å². The third-order valence-corrected chi connectivity index (χ3v) is 7.31. The number of thiophene rings is 1. The van der Waals surface area contributed by atoms with E-state index in [-0.39, 0.29) is 44.8 Å². The first-order valence-corrected chi connectivity index (χ1v) is 13.9. The highest BCUT2D eigenvalue weighted by molar-refractivity contribution is 7.99. The molecule has 3 amide bonds. The van der Waals surface area contributed by atoms with E-state index in [1.54, 1.807) is 62.4 Å². The van der Waals surface area contributed by atoms with E-state index in [1.807, 2.05) is 6.07 Å². The zero-order valence-corrected chi connectivity index (χ0v) is 23.4. The molecule has 0 fully saturated rings. The van der Waals surface area contributed by atoms with Gasteiger partial charge in [-0.2, -0.15) is 0 Å². The maximum atomic E-state index is 13.2. The van der Waals surface area contributed by atoms with E-state index < -0.39 is 17.8 Å². The van der Waals surface area contributed by atoms with Gasteiger partial charge in [0.2, 0.25) is 17.7 Å². The van der Waals surface area contributed by atoms with Crippen molar-refractivity contribution in [2.24, 2.45) is 0 Å². The number of amides is 3. The number of para-hydroxylation sites is 1. The third kappa shape index (κ3) is 7.12. The summed E-state index contributed by atoms with van der Waals surface area (Å²) in [6.07, 6.45) is 0. The summed E-state index contributed by atoms with van der Waals surface area (Å²) >= 11 is 2.00. The number of nitrogens with zero attached hydrogens (tertiary/aromatic N) is 2. The lowest BCUT2D eigenvalue weighted by molar-refractivity contribution is -0.114. The highest BCUT2D eigenvalue weighted by Gasteiger charge is 2.27. The van der Waals surface area contributed by atoms with Crippen LogP contribution in [0.25, 0.3) is 11.5 Å². The molecule has 2 aromatic carbocycles. The molecule has 3 N–H and O–H groups in total. The van der Waals surface area contributed by atoms with Crippen LogP contribution < -0.4 is 16.0 Å². The Morgan fingerprint density at radius 1 is 0.950 bits per heavy atom. The van der Waals surface area contributed by atoms with Gasteiger partial charge in [-0.1, -0.05) is 30.0 Å². The zero-order chi connectivity index (χ0) is 28.6. The summed E-state index contributed by atoms with van der Waals surface area (Å²) in [6, 6.07) is 15.7. The van der Waals surface area contributed by atoms with Crippen LogP contribution in [0.1, 0.15) is 39.4 Å². The molecule has 0 radical (unpaired) electrons. The molecule has 0 spiro atoms. The number of carbonyl (C=O) groups excluding carboxylic acids is 4. The Morgan fingerprint density at radius 2 is 1.65 bits per heavy atom. The summed E-state index contributed by atoms with van der Waals surface area (Å²) in [5, 5.41) is 16.6.